The van der Waals surface area contributed by atoms with E-state index in [4.69, 9.17) is 14.9 Å². The predicted octanol–water partition coefficient (Wildman–Crippen LogP) is 7.46. The number of para-hydroxylation sites is 1. The molecular weight excluding hydrogens is 622 g/mol. The molecule has 1 aliphatic rings. The van der Waals surface area contributed by atoms with Gasteiger partial charge >= 0.3 is 12.1 Å². The summed E-state index contributed by atoms with van der Waals surface area (Å²) in [7, 11) is -3.62. The predicted molar refractivity (Wildman–Crippen MR) is 165 cm³/mol. The van der Waals surface area contributed by atoms with E-state index in [0.29, 0.717) is 21.9 Å². The second kappa shape index (κ2) is 13.0. The molecule has 4 aromatic rings. The largest absolute Gasteiger partial charge is 0.490 e. The van der Waals surface area contributed by atoms with Crippen molar-refractivity contribution in [2.75, 3.05) is 23.9 Å². The molecule has 0 atom stereocenters. The van der Waals surface area contributed by atoms with Crippen LogP contribution in [0.1, 0.15) is 45.4 Å². The van der Waals surface area contributed by atoms with Gasteiger partial charge in [-0.15, -0.1) is 22.7 Å². The average Bonchev–Trinajstić information content (AvgIpc) is 3.70. The van der Waals surface area contributed by atoms with E-state index < -0.39 is 22.2 Å². The first kappa shape index (κ1) is 33.0. The van der Waals surface area contributed by atoms with Gasteiger partial charge in [0.05, 0.1) is 16.9 Å². The quantitative estimate of drug-likeness (QED) is 0.214. The molecule has 5 rings (SSSR count). The summed E-state index contributed by atoms with van der Waals surface area (Å²) in [5.74, 6) is -1.97. The van der Waals surface area contributed by atoms with E-state index in [-0.39, 0.29) is 0 Å². The fourth-order valence-corrected chi connectivity index (χ4v) is 8.65. The van der Waals surface area contributed by atoms with Crippen molar-refractivity contribution in [3.05, 3.63) is 52.9 Å². The fraction of sp³-hybridized carbons (Fsp3) is 0.448. The highest BCUT2D eigenvalue weighted by atomic mass is 32.2. The maximum atomic E-state index is 13.3. The van der Waals surface area contributed by atoms with Gasteiger partial charge in [0.15, 0.2) is 0 Å². The second-order valence-electron chi connectivity index (χ2n) is 11.4. The topological polar surface area (TPSA) is 107 Å². The van der Waals surface area contributed by atoms with Gasteiger partial charge in [-0.05, 0) is 67.8 Å². The van der Waals surface area contributed by atoms with E-state index in [1.54, 1.807) is 28.8 Å². The fourth-order valence-electron chi connectivity index (χ4n) is 5.13. The lowest BCUT2D eigenvalue weighted by Crippen LogP contribution is -2.37. The monoisotopic (exact) mass is 656 g/mol. The molecule has 1 saturated heterocycles. The van der Waals surface area contributed by atoms with Crippen LogP contribution in [0.2, 0.25) is 0 Å². The normalized spacial score (nSPS) is 15.3. The number of alkyl halides is 3. The van der Waals surface area contributed by atoms with Crippen LogP contribution in [0, 0.1) is 11.3 Å². The summed E-state index contributed by atoms with van der Waals surface area (Å²) in [6.07, 6.45) is -0.591. The van der Waals surface area contributed by atoms with Gasteiger partial charge in [-0.2, -0.15) is 13.2 Å². The highest BCUT2D eigenvalue weighted by Gasteiger charge is 2.38. The SMILES string of the molecule is CCN(c1cccc2cc(-c3ncc(CN4CCC(C(C)(C)C)CC4)s3)[nH]c12)S(=O)(=O)c1cccs1.O=C(O)C(F)(F)F. The van der Waals surface area contributed by atoms with Gasteiger partial charge in [0, 0.05) is 29.5 Å². The molecule has 3 aromatic heterocycles. The number of hydrogen-bond acceptors (Lipinski definition) is 7. The zero-order valence-electron chi connectivity index (χ0n) is 24.3. The van der Waals surface area contributed by atoms with E-state index in [9.17, 15) is 21.6 Å². The third-order valence-corrected chi connectivity index (χ3v) is 11.7. The lowest BCUT2D eigenvalue weighted by Gasteiger charge is -2.38. The van der Waals surface area contributed by atoms with Crippen molar-refractivity contribution >= 4 is 55.3 Å². The summed E-state index contributed by atoms with van der Waals surface area (Å²) >= 11 is 2.95. The number of thiophene rings is 1. The number of nitrogens with one attached hydrogen (secondary N) is 1. The Hall–Kier alpha value is -2.94. The minimum absolute atomic E-state index is 0.348. The number of carbonyl (C=O) groups is 1. The zero-order chi connectivity index (χ0) is 31.6. The number of benzene rings is 1. The Kier molecular flexibility index (Phi) is 9.94. The molecule has 0 spiro atoms. The number of likely N-dealkylation sites (tertiary alicyclic amines) is 1. The first-order valence-corrected chi connectivity index (χ1v) is 16.9. The van der Waals surface area contributed by atoms with Gasteiger partial charge in [0.1, 0.15) is 9.22 Å². The Morgan fingerprint density at radius 3 is 2.40 bits per heavy atom. The number of aliphatic carboxylic acids is 1. The third kappa shape index (κ3) is 7.78. The van der Waals surface area contributed by atoms with Crippen LogP contribution >= 0.6 is 22.7 Å². The summed E-state index contributed by atoms with van der Waals surface area (Å²) in [6.45, 7) is 12.5. The van der Waals surface area contributed by atoms with Gasteiger partial charge in [0.25, 0.3) is 10.0 Å². The van der Waals surface area contributed by atoms with E-state index in [2.05, 4.69) is 36.7 Å². The number of H-pyrrole nitrogens is 1. The number of thiazole rings is 1. The van der Waals surface area contributed by atoms with E-state index in [1.807, 2.05) is 31.3 Å². The Morgan fingerprint density at radius 1 is 1.16 bits per heavy atom. The molecule has 1 aliphatic heterocycles. The van der Waals surface area contributed by atoms with Gasteiger partial charge < -0.3 is 10.1 Å². The first-order valence-electron chi connectivity index (χ1n) is 13.8. The number of aromatic nitrogens is 2. The molecule has 43 heavy (non-hydrogen) atoms. The standard InChI is InChI=1S/C27H34N4O2S3.C2HF3O2/c1-5-31(36(32,33)24-10-7-15-34-24)23-9-6-8-19-16-22(29-25(19)23)26-28-17-21(35-26)18-30-13-11-20(12-14-30)27(2,3)4;3-2(4,5)1(6)7/h6-10,15-17,20,29H,5,11-14,18H2,1-4H3;(H,6,7). The molecular formula is C29H35F3N4O4S3. The molecule has 1 aromatic carbocycles. The van der Waals surface area contributed by atoms with Crippen LogP contribution in [0.4, 0.5) is 18.9 Å². The van der Waals surface area contributed by atoms with E-state index in [1.165, 1.54) is 33.4 Å². The molecule has 1 fully saturated rings. The number of rotatable bonds is 7. The van der Waals surface area contributed by atoms with Crippen molar-refractivity contribution in [2.45, 2.75) is 57.5 Å². The van der Waals surface area contributed by atoms with E-state index in [0.717, 1.165) is 47.2 Å². The van der Waals surface area contributed by atoms with Crippen LogP contribution in [-0.2, 0) is 21.4 Å². The summed E-state index contributed by atoms with van der Waals surface area (Å²) < 4.78 is 60.2. The van der Waals surface area contributed by atoms with Crippen LogP contribution < -0.4 is 4.31 Å². The molecule has 0 unspecified atom stereocenters. The Morgan fingerprint density at radius 2 is 1.84 bits per heavy atom. The first-order chi connectivity index (χ1) is 20.1. The van der Waals surface area contributed by atoms with Crippen molar-refractivity contribution in [2.24, 2.45) is 11.3 Å². The van der Waals surface area contributed by atoms with Gasteiger partial charge in [-0.1, -0.05) is 39.0 Å². The van der Waals surface area contributed by atoms with Crippen LogP contribution in [0.25, 0.3) is 21.6 Å². The zero-order valence-corrected chi connectivity index (χ0v) is 26.8. The molecule has 0 amide bonds. The van der Waals surface area contributed by atoms with Crippen LogP contribution in [0.3, 0.4) is 0 Å². The summed E-state index contributed by atoms with van der Waals surface area (Å²) in [5, 5.41) is 10.8. The minimum atomic E-state index is -5.08. The van der Waals surface area contributed by atoms with Crippen molar-refractivity contribution in [3.8, 4) is 10.7 Å². The maximum Gasteiger partial charge on any atom is 0.490 e. The highest BCUT2D eigenvalue weighted by molar-refractivity contribution is 7.94. The van der Waals surface area contributed by atoms with Gasteiger partial charge in [-0.3, -0.25) is 9.21 Å². The lowest BCUT2D eigenvalue weighted by atomic mass is 9.75. The van der Waals surface area contributed by atoms with Crippen molar-refractivity contribution in [1.82, 2.24) is 14.9 Å². The molecule has 2 N–H and O–H groups in total. The molecule has 234 valence electrons. The van der Waals surface area contributed by atoms with Crippen LogP contribution in [0.5, 0.6) is 0 Å². The molecule has 8 nitrogen and oxygen atoms in total. The molecule has 0 bridgehead atoms. The maximum absolute atomic E-state index is 13.3. The summed E-state index contributed by atoms with van der Waals surface area (Å²) in [5.41, 5.74) is 2.78. The number of piperidine rings is 1. The highest BCUT2D eigenvalue weighted by Crippen LogP contribution is 2.37. The van der Waals surface area contributed by atoms with Crippen molar-refractivity contribution in [1.29, 1.82) is 0 Å². The number of hydrogen-bond donors (Lipinski definition) is 2. The van der Waals surface area contributed by atoms with Gasteiger partial charge in [0.2, 0.25) is 0 Å². The molecule has 4 heterocycles. The van der Waals surface area contributed by atoms with Crippen molar-refractivity contribution in [3.63, 3.8) is 0 Å². The van der Waals surface area contributed by atoms with E-state index >= 15 is 0 Å². The number of aromatic amines is 1. The van der Waals surface area contributed by atoms with Crippen LogP contribution in [-0.4, -0.2) is 60.2 Å². The number of fused-ring (bicyclic) bond motifs is 1. The molecule has 14 heteroatoms. The third-order valence-electron chi connectivity index (χ3n) is 7.45. The number of sulfonamides is 1. The van der Waals surface area contributed by atoms with Gasteiger partial charge in [-0.25, -0.2) is 18.2 Å². The number of carboxylic acid groups (broad SMARTS) is 1. The molecule has 0 saturated carbocycles. The second-order valence-corrected chi connectivity index (χ2v) is 15.5. The minimum Gasteiger partial charge on any atom is -0.475 e. The summed E-state index contributed by atoms with van der Waals surface area (Å²) in [6, 6.07) is 11.3. The average molecular weight is 657 g/mol. The Bertz CT molecular complexity index is 1630. The Balaban J connectivity index is 0.000000541. The molecule has 0 radical (unpaired) electrons. The lowest BCUT2D eigenvalue weighted by molar-refractivity contribution is -0.192. The number of anilines is 1. The van der Waals surface area contributed by atoms with Crippen LogP contribution in [0.15, 0.2) is 52.2 Å². The number of nitrogens with zero attached hydrogens (tertiary/aromatic N) is 3. The smallest absolute Gasteiger partial charge is 0.475 e. The number of halogens is 3. The van der Waals surface area contributed by atoms with Crippen molar-refractivity contribution < 1.29 is 31.5 Å². The number of carboxylic acids is 1. The summed E-state index contributed by atoms with van der Waals surface area (Å²) in [4.78, 5) is 20.9. The Labute approximate surface area is 257 Å². The molecule has 0 aliphatic carbocycles.